The lowest BCUT2D eigenvalue weighted by molar-refractivity contribution is -0.156. The number of ether oxygens (including phenoxy) is 1. The van der Waals surface area contributed by atoms with Crippen LogP contribution in [0, 0.1) is 0 Å². The van der Waals surface area contributed by atoms with E-state index in [1.807, 2.05) is 6.92 Å². The molecule has 0 aliphatic rings. The number of carbonyl (C=O) groups excluding carboxylic acids is 1. The van der Waals surface area contributed by atoms with Gasteiger partial charge in [0.15, 0.2) is 5.54 Å². The highest BCUT2D eigenvalue weighted by Gasteiger charge is 2.42. The molecular weight excluding hydrogens is 258 g/mol. The normalized spacial score (nSPS) is 13.7. The minimum atomic E-state index is -1.40. The van der Waals surface area contributed by atoms with Gasteiger partial charge in [-0.05, 0) is 45.4 Å². The van der Waals surface area contributed by atoms with E-state index in [9.17, 15) is 14.7 Å². The van der Waals surface area contributed by atoms with Crippen molar-refractivity contribution in [1.29, 1.82) is 0 Å². The summed E-state index contributed by atoms with van der Waals surface area (Å²) < 4.78 is 5.34. The minimum Gasteiger partial charge on any atom is -0.494 e. The number of benzene rings is 1. The van der Waals surface area contributed by atoms with Gasteiger partial charge in [0.25, 0.3) is 0 Å². The van der Waals surface area contributed by atoms with Crippen LogP contribution >= 0.6 is 0 Å². The fourth-order valence-corrected chi connectivity index (χ4v) is 2.17. The quantitative estimate of drug-likeness (QED) is 0.777. The zero-order valence-electron chi connectivity index (χ0n) is 12.3. The highest BCUT2D eigenvalue weighted by molar-refractivity contribution is 5.83. The second kappa shape index (κ2) is 6.41. The Hall–Kier alpha value is -2.04. The van der Waals surface area contributed by atoms with E-state index in [0.29, 0.717) is 24.3 Å². The van der Waals surface area contributed by atoms with Crippen LogP contribution in [-0.2, 0) is 15.1 Å². The molecule has 1 aromatic carbocycles. The smallest absolute Gasteiger partial charge is 0.334 e. The molecule has 1 aromatic rings. The van der Waals surface area contributed by atoms with Gasteiger partial charge in [-0.2, -0.15) is 0 Å². The first kappa shape index (κ1) is 16.0. The van der Waals surface area contributed by atoms with Crippen LogP contribution in [0.4, 0.5) is 0 Å². The number of carbonyl (C=O) groups is 2. The molecule has 0 aromatic heterocycles. The van der Waals surface area contributed by atoms with Crippen LogP contribution in [-0.4, -0.2) is 35.0 Å². The molecule has 20 heavy (non-hydrogen) atoms. The summed E-state index contributed by atoms with van der Waals surface area (Å²) in [4.78, 5) is 24.3. The molecule has 110 valence electrons. The van der Waals surface area contributed by atoms with Crippen LogP contribution in [0.3, 0.4) is 0 Å². The lowest BCUT2D eigenvalue weighted by Crippen LogP contribution is -2.52. The number of carboxylic acids is 1. The predicted octanol–water partition coefficient (Wildman–Crippen LogP) is 2.25. The Morgan fingerprint density at radius 1 is 1.40 bits per heavy atom. The van der Waals surface area contributed by atoms with Crippen molar-refractivity contribution < 1.29 is 19.4 Å². The number of amides is 1. The zero-order chi connectivity index (χ0) is 15.3. The van der Waals surface area contributed by atoms with E-state index in [2.05, 4.69) is 0 Å². The van der Waals surface area contributed by atoms with E-state index in [4.69, 9.17) is 4.74 Å². The van der Waals surface area contributed by atoms with E-state index in [0.717, 1.165) is 0 Å². The first-order valence-corrected chi connectivity index (χ1v) is 6.58. The molecule has 1 unspecified atom stereocenters. The maximum Gasteiger partial charge on any atom is 0.334 e. The number of hydrogen-bond acceptors (Lipinski definition) is 3. The largest absolute Gasteiger partial charge is 0.494 e. The van der Waals surface area contributed by atoms with E-state index in [1.165, 1.54) is 11.8 Å². The minimum absolute atomic E-state index is 0.222. The number of hydrogen-bond donors (Lipinski definition) is 1. The third kappa shape index (κ3) is 2.92. The van der Waals surface area contributed by atoms with Gasteiger partial charge in [-0.25, -0.2) is 4.79 Å². The van der Waals surface area contributed by atoms with Crippen LogP contribution in [0.1, 0.15) is 33.3 Å². The summed E-state index contributed by atoms with van der Waals surface area (Å²) in [7, 11) is 0. The monoisotopic (exact) mass is 279 g/mol. The number of rotatable bonds is 7. The maximum atomic E-state index is 11.7. The van der Waals surface area contributed by atoms with Crippen molar-refractivity contribution in [3.63, 3.8) is 0 Å². The summed E-state index contributed by atoms with van der Waals surface area (Å²) in [5.74, 6) is -0.395. The van der Waals surface area contributed by atoms with E-state index in [-0.39, 0.29) is 6.04 Å². The van der Waals surface area contributed by atoms with Crippen LogP contribution in [0.2, 0.25) is 0 Å². The molecule has 0 aliphatic heterocycles. The van der Waals surface area contributed by atoms with Crippen LogP contribution in [0.25, 0.3) is 0 Å². The Morgan fingerprint density at radius 3 is 2.30 bits per heavy atom. The first-order valence-electron chi connectivity index (χ1n) is 6.58. The topological polar surface area (TPSA) is 66.8 Å². The van der Waals surface area contributed by atoms with Gasteiger partial charge >= 0.3 is 5.97 Å². The Labute approximate surface area is 119 Å². The average molecular weight is 279 g/mol. The molecule has 1 atom stereocenters. The molecule has 0 saturated heterocycles. The highest BCUT2D eigenvalue weighted by atomic mass is 16.5. The summed E-state index contributed by atoms with van der Waals surface area (Å²) in [6.45, 7) is 7.51. The van der Waals surface area contributed by atoms with E-state index < -0.39 is 11.5 Å². The number of nitrogens with zero attached hydrogens (tertiary/aromatic N) is 1. The Balaban J connectivity index is 3.25. The van der Waals surface area contributed by atoms with Crippen molar-refractivity contribution in [1.82, 2.24) is 4.90 Å². The molecule has 0 bridgehead atoms. The average Bonchev–Trinajstić information content (AvgIpc) is 2.39. The van der Waals surface area contributed by atoms with E-state index >= 15 is 0 Å². The van der Waals surface area contributed by atoms with Gasteiger partial charge in [-0.1, -0.05) is 12.1 Å². The molecule has 0 saturated carbocycles. The summed E-state index contributed by atoms with van der Waals surface area (Å²) in [6, 6.07) is 6.56. The first-order chi connectivity index (χ1) is 9.37. The fraction of sp³-hybridized carbons (Fsp3) is 0.467. The molecule has 5 heteroatoms. The number of carboxylic acid groups (broad SMARTS) is 1. The molecule has 5 nitrogen and oxygen atoms in total. The molecule has 0 heterocycles. The standard InChI is InChI=1S/C15H21NO4/c1-5-20-13-8-6-12(7-9-13)15(4,14(18)19)16(10-17)11(2)3/h6-11H,5H2,1-4H3,(H,18,19). The summed E-state index contributed by atoms with van der Waals surface area (Å²) >= 11 is 0. The molecule has 1 N–H and O–H groups in total. The second-order valence-corrected chi connectivity index (χ2v) is 4.94. The van der Waals surface area contributed by atoms with Gasteiger partial charge in [0.05, 0.1) is 6.61 Å². The molecule has 1 rings (SSSR count). The van der Waals surface area contributed by atoms with Gasteiger partial charge < -0.3 is 14.7 Å². The van der Waals surface area contributed by atoms with Crippen molar-refractivity contribution in [2.75, 3.05) is 6.61 Å². The van der Waals surface area contributed by atoms with Crippen LogP contribution in [0.5, 0.6) is 5.75 Å². The van der Waals surface area contributed by atoms with E-state index in [1.54, 1.807) is 38.1 Å². The molecule has 0 radical (unpaired) electrons. The Kier molecular flexibility index (Phi) is 5.13. The Bertz CT molecular complexity index is 469. The molecule has 1 amide bonds. The summed E-state index contributed by atoms with van der Waals surface area (Å²) in [6.07, 6.45) is 0.579. The predicted molar refractivity (Wildman–Crippen MR) is 75.6 cm³/mol. The lowest BCUT2D eigenvalue weighted by Gasteiger charge is -2.38. The Morgan fingerprint density at radius 2 is 1.95 bits per heavy atom. The van der Waals surface area contributed by atoms with Gasteiger partial charge in [-0.15, -0.1) is 0 Å². The molecule has 0 fully saturated rings. The highest BCUT2D eigenvalue weighted by Crippen LogP contribution is 2.30. The van der Waals surface area contributed by atoms with Crippen molar-refractivity contribution in [2.45, 2.75) is 39.3 Å². The van der Waals surface area contributed by atoms with Crippen molar-refractivity contribution in [3.05, 3.63) is 29.8 Å². The van der Waals surface area contributed by atoms with Gasteiger partial charge in [0.2, 0.25) is 6.41 Å². The number of aliphatic carboxylic acids is 1. The zero-order valence-corrected chi connectivity index (χ0v) is 12.3. The van der Waals surface area contributed by atoms with Gasteiger partial charge in [0, 0.05) is 6.04 Å². The fourth-order valence-electron chi connectivity index (χ4n) is 2.17. The summed E-state index contributed by atoms with van der Waals surface area (Å²) in [5.41, 5.74) is -0.866. The van der Waals surface area contributed by atoms with Gasteiger partial charge in [0.1, 0.15) is 5.75 Å². The van der Waals surface area contributed by atoms with Crippen molar-refractivity contribution in [3.8, 4) is 5.75 Å². The second-order valence-electron chi connectivity index (χ2n) is 4.94. The SMILES string of the molecule is CCOc1ccc(C(C)(C(=O)O)N(C=O)C(C)C)cc1. The van der Waals surface area contributed by atoms with Gasteiger partial charge in [-0.3, -0.25) is 4.79 Å². The van der Waals surface area contributed by atoms with Crippen molar-refractivity contribution >= 4 is 12.4 Å². The van der Waals surface area contributed by atoms with Crippen LogP contribution < -0.4 is 4.74 Å². The van der Waals surface area contributed by atoms with Crippen LogP contribution in [0.15, 0.2) is 24.3 Å². The molecule has 0 spiro atoms. The molecular formula is C15H21NO4. The van der Waals surface area contributed by atoms with Crippen molar-refractivity contribution in [2.24, 2.45) is 0 Å². The lowest BCUT2D eigenvalue weighted by atomic mass is 9.89. The third-order valence-electron chi connectivity index (χ3n) is 3.33. The summed E-state index contributed by atoms with van der Waals surface area (Å²) in [5, 5.41) is 9.58. The third-order valence-corrected chi connectivity index (χ3v) is 3.33. The molecule has 0 aliphatic carbocycles. The maximum absolute atomic E-state index is 11.7.